The first-order chi connectivity index (χ1) is 8.31. The number of hydrogen-bond acceptors (Lipinski definition) is 5. The number of carboxylic acids is 1. The number of aliphatic carboxylic acids is 1. The van der Waals surface area contributed by atoms with Gasteiger partial charge in [-0.05, 0) is 20.3 Å². The molecule has 0 aromatic rings. The number of carbonyl (C=O) groups excluding carboxylic acids is 2. The van der Waals surface area contributed by atoms with Crippen molar-refractivity contribution in [2.45, 2.75) is 33.6 Å². The number of ether oxygens (including phenoxy) is 2. The molecular formula is C12H20O6. The van der Waals surface area contributed by atoms with Gasteiger partial charge in [-0.1, -0.05) is 6.92 Å². The van der Waals surface area contributed by atoms with E-state index in [0.29, 0.717) is 6.42 Å². The van der Waals surface area contributed by atoms with Crippen LogP contribution < -0.4 is 0 Å². The van der Waals surface area contributed by atoms with Crippen molar-refractivity contribution < 1.29 is 29.0 Å². The molecule has 1 N–H and O–H groups in total. The number of esters is 1. The predicted octanol–water partition coefficient (Wildman–Crippen LogP) is 1.03. The maximum Gasteiger partial charge on any atom is 0.313 e. The first-order valence-corrected chi connectivity index (χ1v) is 5.78. The molecule has 0 rings (SSSR count). The molecule has 0 aromatic heterocycles. The second-order valence-corrected chi connectivity index (χ2v) is 4.37. The average molecular weight is 260 g/mol. The molecular weight excluding hydrogens is 240 g/mol. The van der Waals surface area contributed by atoms with Gasteiger partial charge in [-0.3, -0.25) is 14.4 Å². The Balaban J connectivity index is 3.77. The molecule has 0 spiro atoms. The number of ketones is 1. The molecule has 1 atom stereocenters. The minimum atomic E-state index is -0.927. The van der Waals surface area contributed by atoms with E-state index in [1.54, 1.807) is 13.8 Å². The molecule has 0 amide bonds. The molecule has 0 aliphatic carbocycles. The van der Waals surface area contributed by atoms with Gasteiger partial charge >= 0.3 is 11.9 Å². The lowest BCUT2D eigenvalue weighted by molar-refractivity contribution is -0.154. The summed E-state index contributed by atoms with van der Waals surface area (Å²) in [6.07, 6.45) is 0.203. The van der Waals surface area contributed by atoms with Crippen molar-refractivity contribution in [3.05, 3.63) is 0 Å². The summed E-state index contributed by atoms with van der Waals surface area (Å²) in [5, 5.41) is 8.97. The molecule has 18 heavy (non-hydrogen) atoms. The number of carbonyl (C=O) groups is 3. The van der Waals surface area contributed by atoms with Gasteiger partial charge in [0.15, 0.2) is 0 Å². The first-order valence-electron chi connectivity index (χ1n) is 5.78. The lowest BCUT2D eigenvalue weighted by Crippen LogP contribution is -2.32. The topological polar surface area (TPSA) is 89.9 Å². The Morgan fingerprint density at radius 3 is 2.28 bits per heavy atom. The summed E-state index contributed by atoms with van der Waals surface area (Å²) >= 11 is 0. The number of hydrogen-bond donors (Lipinski definition) is 1. The smallest absolute Gasteiger partial charge is 0.313 e. The summed E-state index contributed by atoms with van der Waals surface area (Å²) < 4.78 is 9.89. The second kappa shape index (κ2) is 7.81. The fourth-order valence-electron chi connectivity index (χ4n) is 1.08. The molecule has 6 heteroatoms. The van der Waals surface area contributed by atoms with E-state index in [2.05, 4.69) is 0 Å². The van der Waals surface area contributed by atoms with E-state index in [1.165, 1.54) is 6.92 Å². The lowest BCUT2D eigenvalue weighted by atomic mass is 9.89. The Morgan fingerprint density at radius 2 is 1.83 bits per heavy atom. The molecule has 0 aliphatic rings. The van der Waals surface area contributed by atoms with E-state index in [9.17, 15) is 14.4 Å². The van der Waals surface area contributed by atoms with E-state index < -0.39 is 17.4 Å². The minimum absolute atomic E-state index is 0.0194. The van der Waals surface area contributed by atoms with Gasteiger partial charge in [0.2, 0.25) is 0 Å². The van der Waals surface area contributed by atoms with Gasteiger partial charge in [-0.15, -0.1) is 0 Å². The molecule has 0 saturated carbocycles. The Bertz CT molecular complexity index is 312. The van der Waals surface area contributed by atoms with Crippen LogP contribution in [0.2, 0.25) is 0 Å². The quantitative estimate of drug-likeness (QED) is 0.378. The van der Waals surface area contributed by atoms with Crippen LogP contribution in [0.4, 0.5) is 0 Å². The van der Waals surface area contributed by atoms with E-state index in [-0.39, 0.29) is 32.0 Å². The highest BCUT2D eigenvalue weighted by atomic mass is 16.6. The molecule has 0 aliphatic heterocycles. The van der Waals surface area contributed by atoms with Crippen LogP contribution in [0.3, 0.4) is 0 Å². The zero-order valence-electron chi connectivity index (χ0n) is 11.0. The molecule has 0 fully saturated rings. The Hall–Kier alpha value is -1.43. The van der Waals surface area contributed by atoms with Gasteiger partial charge in [0.05, 0.1) is 18.6 Å². The molecule has 0 saturated heterocycles. The highest BCUT2D eigenvalue weighted by Gasteiger charge is 2.31. The maximum atomic E-state index is 11.0. The van der Waals surface area contributed by atoms with Crippen molar-refractivity contribution in [1.82, 2.24) is 0 Å². The Kier molecular flexibility index (Phi) is 7.19. The van der Waals surface area contributed by atoms with E-state index in [4.69, 9.17) is 14.6 Å². The van der Waals surface area contributed by atoms with Crippen molar-refractivity contribution in [3.63, 3.8) is 0 Å². The van der Waals surface area contributed by atoms with Crippen LogP contribution in [0, 0.1) is 5.41 Å². The van der Waals surface area contributed by atoms with Crippen LogP contribution >= 0.6 is 0 Å². The predicted molar refractivity (Wildman–Crippen MR) is 63.1 cm³/mol. The third-order valence-corrected chi connectivity index (χ3v) is 2.60. The summed E-state index contributed by atoms with van der Waals surface area (Å²) in [4.78, 5) is 32.5. The van der Waals surface area contributed by atoms with Crippen LogP contribution in [-0.4, -0.2) is 42.6 Å². The number of carboxylic acid groups (broad SMARTS) is 1. The number of rotatable bonds is 9. The maximum absolute atomic E-state index is 11.0. The largest absolute Gasteiger partial charge is 0.481 e. The van der Waals surface area contributed by atoms with E-state index in [0.717, 1.165) is 0 Å². The van der Waals surface area contributed by atoms with Gasteiger partial charge in [-0.25, -0.2) is 0 Å². The zero-order chi connectivity index (χ0) is 14.2. The SMILES string of the molecule is CCC(C)(COCCOC(=O)CC(C)=O)C(=O)O. The van der Waals surface area contributed by atoms with Crippen molar-refractivity contribution in [2.75, 3.05) is 19.8 Å². The van der Waals surface area contributed by atoms with Crippen molar-refractivity contribution in [2.24, 2.45) is 5.41 Å². The van der Waals surface area contributed by atoms with Gasteiger partial charge < -0.3 is 14.6 Å². The van der Waals surface area contributed by atoms with Gasteiger partial charge in [0, 0.05) is 0 Å². The van der Waals surface area contributed by atoms with Crippen LogP contribution in [0.5, 0.6) is 0 Å². The molecule has 0 aromatic carbocycles. The lowest BCUT2D eigenvalue weighted by Gasteiger charge is -2.22. The zero-order valence-corrected chi connectivity index (χ0v) is 11.0. The van der Waals surface area contributed by atoms with Crippen molar-refractivity contribution >= 4 is 17.7 Å². The molecule has 0 bridgehead atoms. The van der Waals surface area contributed by atoms with Crippen LogP contribution in [0.1, 0.15) is 33.6 Å². The molecule has 0 heterocycles. The summed E-state index contributed by atoms with van der Waals surface area (Å²) in [5.41, 5.74) is -0.927. The summed E-state index contributed by atoms with van der Waals surface area (Å²) in [5.74, 6) is -1.77. The highest BCUT2D eigenvalue weighted by Crippen LogP contribution is 2.21. The van der Waals surface area contributed by atoms with Crippen molar-refractivity contribution in [1.29, 1.82) is 0 Å². The third-order valence-electron chi connectivity index (χ3n) is 2.60. The normalized spacial score (nSPS) is 13.7. The molecule has 0 radical (unpaired) electrons. The highest BCUT2D eigenvalue weighted by molar-refractivity contribution is 5.94. The van der Waals surface area contributed by atoms with Gasteiger partial charge in [0.25, 0.3) is 0 Å². The minimum Gasteiger partial charge on any atom is -0.481 e. The van der Waals surface area contributed by atoms with Crippen LogP contribution in [0.25, 0.3) is 0 Å². The van der Waals surface area contributed by atoms with Crippen LogP contribution in [-0.2, 0) is 23.9 Å². The van der Waals surface area contributed by atoms with Crippen LogP contribution in [0.15, 0.2) is 0 Å². The van der Waals surface area contributed by atoms with E-state index in [1.807, 2.05) is 0 Å². The van der Waals surface area contributed by atoms with E-state index >= 15 is 0 Å². The summed E-state index contributed by atoms with van der Waals surface area (Å²) in [6, 6.07) is 0. The monoisotopic (exact) mass is 260 g/mol. The molecule has 104 valence electrons. The molecule has 6 nitrogen and oxygen atoms in total. The first kappa shape index (κ1) is 16.6. The summed E-state index contributed by atoms with van der Waals surface area (Å²) in [7, 11) is 0. The standard InChI is InChI=1S/C12H20O6/c1-4-12(3,11(15)16)8-17-5-6-18-10(14)7-9(2)13/h4-8H2,1-3H3,(H,15,16). The second-order valence-electron chi connectivity index (χ2n) is 4.37. The summed E-state index contributed by atoms with van der Waals surface area (Å²) in [6.45, 7) is 4.86. The van der Waals surface area contributed by atoms with Gasteiger partial charge in [0.1, 0.15) is 18.8 Å². The fraction of sp³-hybridized carbons (Fsp3) is 0.750. The molecule has 1 unspecified atom stereocenters. The van der Waals surface area contributed by atoms with Gasteiger partial charge in [-0.2, -0.15) is 0 Å². The third kappa shape index (κ3) is 6.34. The fourth-order valence-corrected chi connectivity index (χ4v) is 1.08. The average Bonchev–Trinajstić information content (AvgIpc) is 2.26. The Labute approximate surface area is 106 Å². The van der Waals surface area contributed by atoms with Crippen molar-refractivity contribution in [3.8, 4) is 0 Å². The number of Topliss-reactive ketones (excluding diaryl/α,β-unsaturated/α-hetero) is 1. The Morgan fingerprint density at radius 1 is 1.22 bits per heavy atom.